The minimum Gasteiger partial charge on any atom is -0.435 e. The van der Waals surface area contributed by atoms with Gasteiger partial charge in [0.2, 0.25) is 12.1 Å². The molecule has 2 aliphatic heterocycles. The number of esters is 2. The summed E-state index contributed by atoms with van der Waals surface area (Å²) in [5.74, 6) is -4.25. The molecule has 0 bridgehead atoms. The first-order chi connectivity index (χ1) is 18.3. The summed E-state index contributed by atoms with van der Waals surface area (Å²) in [7, 11) is 0. The first kappa shape index (κ1) is 25.9. The highest BCUT2D eigenvalue weighted by Gasteiger charge is 2.43. The molecular weight excluding hydrogens is 497 g/mol. The zero-order valence-corrected chi connectivity index (χ0v) is 20.8. The fraction of sp³-hybridized carbons (Fsp3) is 0.379. The van der Waals surface area contributed by atoms with Crippen LogP contribution in [0.15, 0.2) is 70.2 Å². The lowest BCUT2D eigenvalue weighted by Crippen LogP contribution is -2.42. The number of carbonyl (C=O) groups is 2. The SMILES string of the molecule is C[C@@H](C(=O)OC1=NC(C(F)F)=NC2OC(=O)C=C(CCCC3CC3)C12)c1ccc(-c2ccccc2)c(F)c1. The largest absolute Gasteiger partial charge is 0.435 e. The van der Waals surface area contributed by atoms with Crippen molar-refractivity contribution in [3.8, 4) is 11.1 Å². The third kappa shape index (κ3) is 5.71. The van der Waals surface area contributed by atoms with E-state index in [1.54, 1.807) is 36.4 Å². The van der Waals surface area contributed by atoms with Crippen molar-refractivity contribution in [3.05, 3.63) is 71.6 Å². The minimum absolute atomic E-state index is 0.288. The molecule has 9 heteroatoms. The standard InChI is InChI=1S/C29H27F3N2O4/c1-16(19-12-13-21(22(30)14-19)18-7-3-2-4-8-18)29(36)38-28-24-20(9-5-6-17-10-11-17)15-23(35)37-27(24)33-26(34-28)25(31)32/h2-4,7-8,12-17,24-25,27H,5-6,9-11H2,1H3/t16-,24?,27?/m1/s1. The van der Waals surface area contributed by atoms with Crippen LogP contribution in [0.5, 0.6) is 0 Å². The third-order valence-corrected chi connectivity index (χ3v) is 7.08. The number of amidine groups is 1. The van der Waals surface area contributed by atoms with Gasteiger partial charge >= 0.3 is 11.9 Å². The number of fused-ring (bicyclic) bond motifs is 1. The van der Waals surface area contributed by atoms with Crippen LogP contribution in [-0.2, 0) is 19.1 Å². The van der Waals surface area contributed by atoms with Gasteiger partial charge in [-0.25, -0.2) is 23.0 Å². The van der Waals surface area contributed by atoms with Crippen LogP contribution in [0, 0.1) is 17.7 Å². The number of aliphatic imine (C=N–C) groups is 2. The smallest absolute Gasteiger partial charge is 0.332 e. The Kier molecular flexibility index (Phi) is 7.44. The molecule has 2 heterocycles. The van der Waals surface area contributed by atoms with Gasteiger partial charge in [0.05, 0.1) is 5.92 Å². The minimum atomic E-state index is -3.05. The number of nitrogens with zero attached hydrogens (tertiary/aromatic N) is 2. The average molecular weight is 525 g/mol. The van der Waals surface area contributed by atoms with Crippen LogP contribution in [0.3, 0.4) is 0 Å². The number of halogens is 3. The number of rotatable bonds is 8. The lowest BCUT2D eigenvalue weighted by atomic mass is 9.89. The van der Waals surface area contributed by atoms with E-state index in [1.807, 2.05) is 6.07 Å². The predicted octanol–water partition coefficient (Wildman–Crippen LogP) is 6.22. The molecule has 6 nitrogen and oxygen atoms in total. The molecule has 198 valence electrons. The van der Waals surface area contributed by atoms with Gasteiger partial charge < -0.3 is 9.47 Å². The van der Waals surface area contributed by atoms with Gasteiger partial charge in [-0.2, -0.15) is 4.99 Å². The fourth-order valence-corrected chi connectivity index (χ4v) is 4.77. The molecule has 1 aliphatic carbocycles. The lowest BCUT2D eigenvalue weighted by Gasteiger charge is -2.33. The van der Waals surface area contributed by atoms with Crippen LogP contribution in [-0.4, -0.2) is 36.3 Å². The Bertz CT molecular complexity index is 1320. The summed E-state index contributed by atoms with van der Waals surface area (Å²) in [5, 5.41) is 0. The average Bonchev–Trinajstić information content (AvgIpc) is 3.72. The van der Waals surface area contributed by atoms with Crippen molar-refractivity contribution >= 4 is 23.7 Å². The van der Waals surface area contributed by atoms with E-state index in [0.29, 0.717) is 34.6 Å². The van der Waals surface area contributed by atoms with Crippen molar-refractivity contribution in [2.45, 2.75) is 57.6 Å². The summed E-state index contributed by atoms with van der Waals surface area (Å²) >= 11 is 0. The molecule has 0 amide bonds. The second-order valence-corrected chi connectivity index (χ2v) is 9.85. The topological polar surface area (TPSA) is 77.3 Å². The summed E-state index contributed by atoms with van der Waals surface area (Å²) < 4.78 is 52.8. The van der Waals surface area contributed by atoms with Gasteiger partial charge in [0.1, 0.15) is 11.7 Å². The quantitative estimate of drug-likeness (QED) is 0.384. The number of carbonyl (C=O) groups excluding carboxylic acids is 2. The van der Waals surface area contributed by atoms with E-state index >= 15 is 0 Å². The normalized spacial score (nSPS) is 21.6. The van der Waals surface area contributed by atoms with Gasteiger partial charge in [-0.3, -0.25) is 4.79 Å². The van der Waals surface area contributed by atoms with E-state index in [2.05, 4.69) is 9.98 Å². The van der Waals surface area contributed by atoms with Crippen molar-refractivity contribution in [1.82, 2.24) is 0 Å². The summed E-state index contributed by atoms with van der Waals surface area (Å²) in [6, 6.07) is 13.5. The van der Waals surface area contributed by atoms with E-state index in [9.17, 15) is 22.8 Å². The molecule has 2 aromatic carbocycles. The first-order valence-electron chi connectivity index (χ1n) is 12.7. The Morgan fingerprint density at radius 3 is 2.61 bits per heavy atom. The Labute approximate surface area is 218 Å². The van der Waals surface area contributed by atoms with Crippen molar-refractivity contribution in [2.24, 2.45) is 21.8 Å². The van der Waals surface area contributed by atoms with E-state index in [0.717, 1.165) is 12.8 Å². The molecule has 38 heavy (non-hydrogen) atoms. The van der Waals surface area contributed by atoms with Crippen molar-refractivity contribution in [3.63, 3.8) is 0 Å². The maximum Gasteiger partial charge on any atom is 0.332 e. The Morgan fingerprint density at radius 2 is 1.92 bits per heavy atom. The molecule has 2 unspecified atom stereocenters. The molecule has 0 radical (unpaired) electrons. The van der Waals surface area contributed by atoms with Gasteiger partial charge in [0, 0.05) is 11.6 Å². The molecule has 2 aromatic rings. The maximum absolute atomic E-state index is 14.9. The Hall–Kier alpha value is -3.75. The second-order valence-electron chi connectivity index (χ2n) is 9.85. The van der Waals surface area contributed by atoms with Crippen LogP contribution in [0.4, 0.5) is 13.2 Å². The first-order valence-corrected chi connectivity index (χ1v) is 12.7. The van der Waals surface area contributed by atoms with Crippen molar-refractivity contribution < 1.29 is 32.2 Å². The monoisotopic (exact) mass is 524 g/mol. The maximum atomic E-state index is 14.9. The molecule has 0 spiro atoms. The van der Waals surface area contributed by atoms with Crippen molar-refractivity contribution in [1.29, 1.82) is 0 Å². The van der Waals surface area contributed by atoms with Gasteiger partial charge in [-0.15, -0.1) is 0 Å². The lowest BCUT2D eigenvalue weighted by molar-refractivity contribution is -0.145. The highest BCUT2D eigenvalue weighted by atomic mass is 19.3. The van der Waals surface area contributed by atoms with Gasteiger partial charge in [-0.05, 0) is 48.4 Å². The van der Waals surface area contributed by atoms with E-state index in [1.165, 1.54) is 31.9 Å². The van der Waals surface area contributed by atoms with Crippen LogP contribution in [0.25, 0.3) is 11.1 Å². The van der Waals surface area contributed by atoms with Crippen LogP contribution < -0.4 is 0 Å². The number of benzene rings is 2. The molecule has 3 aliphatic rings. The Morgan fingerprint density at radius 1 is 1.16 bits per heavy atom. The molecule has 0 N–H and O–H groups in total. The highest BCUT2D eigenvalue weighted by Crippen LogP contribution is 2.38. The van der Waals surface area contributed by atoms with Gasteiger partial charge in [0.15, 0.2) is 5.84 Å². The summed E-state index contributed by atoms with van der Waals surface area (Å²) in [6.07, 6.45) is 1.63. The number of ether oxygens (including phenoxy) is 2. The molecule has 0 saturated heterocycles. The number of hydrogen-bond acceptors (Lipinski definition) is 6. The third-order valence-electron chi connectivity index (χ3n) is 7.08. The van der Waals surface area contributed by atoms with Crippen LogP contribution in [0.1, 0.15) is 50.5 Å². The molecule has 0 aromatic heterocycles. The molecular formula is C29H27F3N2O4. The summed E-state index contributed by atoms with van der Waals surface area (Å²) in [6.45, 7) is 1.54. The zero-order valence-electron chi connectivity index (χ0n) is 20.8. The summed E-state index contributed by atoms with van der Waals surface area (Å²) in [5.41, 5.74) is 2.03. The van der Waals surface area contributed by atoms with Gasteiger partial charge in [-0.1, -0.05) is 61.7 Å². The zero-order chi connectivity index (χ0) is 26.8. The highest BCUT2D eigenvalue weighted by molar-refractivity contribution is 6.05. The molecule has 1 saturated carbocycles. The number of alkyl halides is 2. The van der Waals surface area contributed by atoms with Crippen LogP contribution in [0.2, 0.25) is 0 Å². The predicted molar refractivity (Wildman–Crippen MR) is 135 cm³/mol. The van der Waals surface area contributed by atoms with Crippen LogP contribution >= 0.6 is 0 Å². The molecule has 3 atom stereocenters. The molecule has 5 rings (SSSR count). The van der Waals surface area contributed by atoms with E-state index in [-0.39, 0.29) is 5.90 Å². The summed E-state index contributed by atoms with van der Waals surface area (Å²) in [4.78, 5) is 33.0. The molecule has 1 fully saturated rings. The Balaban J connectivity index is 1.36. The fourth-order valence-electron chi connectivity index (χ4n) is 4.77. The van der Waals surface area contributed by atoms with E-state index < -0.39 is 48.1 Å². The second kappa shape index (κ2) is 10.9. The van der Waals surface area contributed by atoms with Crippen molar-refractivity contribution in [2.75, 3.05) is 0 Å². The van der Waals surface area contributed by atoms with E-state index in [4.69, 9.17) is 9.47 Å². The van der Waals surface area contributed by atoms with Gasteiger partial charge in [0.25, 0.3) is 6.43 Å². The number of hydrogen-bond donors (Lipinski definition) is 0.